The van der Waals surface area contributed by atoms with Crippen LogP contribution in [0.4, 0.5) is 34.1 Å². The molecule has 0 amide bonds. The van der Waals surface area contributed by atoms with Crippen molar-refractivity contribution in [2.45, 2.75) is 52.4 Å². The first kappa shape index (κ1) is 44.2. The van der Waals surface area contributed by atoms with Gasteiger partial charge in [-0.3, -0.25) is 0 Å². The highest BCUT2D eigenvalue weighted by Gasteiger charge is 2.27. The summed E-state index contributed by atoms with van der Waals surface area (Å²) in [5, 5.41) is 12.8. The molecule has 6 heteroatoms. The Morgan fingerprint density at radius 2 is 0.605 bits per heavy atom. The predicted octanol–water partition coefficient (Wildman–Crippen LogP) is 21.1. The Morgan fingerprint density at radius 3 is 1.03 bits per heavy atom. The van der Waals surface area contributed by atoms with E-state index in [2.05, 4.69) is 233 Å². The van der Waals surface area contributed by atoms with Gasteiger partial charge in [-0.1, -0.05) is 151 Å². The van der Waals surface area contributed by atoms with Crippen LogP contribution in [0.1, 0.15) is 52.7 Å². The first-order chi connectivity index (χ1) is 36.9. The summed E-state index contributed by atoms with van der Waals surface area (Å²) in [4.78, 5) is 4.76. The highest BCUT2D eigenvalue weighted by atomic mass is 16.3. The van der Waals surface area contributed by atoms with Crippen LogP contribution in [0.3, 0.4) is 0 Å². The lowest BCUT2D eigenvalue weighted by Gasteiger charge is -2.29. The predicted molar refractivity (Wildman–Crippen MR) is 317 cm³/mol. The molecule has 0 radical (unpaired) electrons. The zero-order valence-corrected chi connectivity index (χ0v) is 43.2. The molecule has 6 nitrogen and oxygen atoms in total. The Morgan fingerprint density at radius 1 is 0.250 bits per heavy atom. The van der Waals surface area contributed by atoms with Crippen LogP contribution in [-0.4, -0.2) is 0 Å². The summed E-state index contributed by atoms with van der Waals surface area (Å²) in [6.45, 7) is 13.6. The average Bonchev–Trinajstić information content (AvgIpc) is 4.20. The summed E-state index contributed by atoms with van der Waals surface area (Å²) in [5.74, 6) is 0. The Kier molecular flexibility index (Phi) is 9.38. The van der Waals surface area contributed by atoms with Crippen molar-refractivity contribution >= 4 is 143 Å². The molecule has 366 valence electrons. The van der Waals surface area contributed by atoms with Gasteiger partial charge in [0.1, 0.15) is 44.7 Å². The van der Waals surface area contributed by atoms with Crippen LogP contribution >= 0.6 is 0 Å². The Bertz CT molecular complexity index is 4570. The normalized spacial score (nSPS) is 12.6. The van der Waals surface area contributed by atoms with Crippen molar-refractivity contribution in [2.24, 2.45) is 0 Å². The second kappa shape index (κ2) is 16.1. The molecule has 15 rings (SSSR count). The number of hydrogen-bond donors (Lipinski definition) is 0. The van der Waals surface area contributed by atoms with Crippen LogP contribution in [0.2, 0.25) is 0 Å². The van der Waals surface area contributed by atoms with Crippen LogP contribution in [0.5, 0.6) is 0 Å². The minimum absolute atomic E-state index is 0.0617. The smallest absolute Gasteiger partial charge is 0.138 e. The molecule has 76 heavy (non-hydrogen) atoms. The topological polar surface area (TPSA) is 59.0 Å². The lowest BCUT2D eigenvalue weighted by atomic mass is 9.86. The van der Waals surface area contributed by atoms with Gasteiger partial charge in [0.05, 0.1) is 11.4 Å². The zero-order valence-electron chi connectivity index (χ0n) is 43.2. The fourth-order valence-electron chi connectivity index (χ4n) is 11.9. The quantitative estimate of drug-likeness (QED) is 0.165. The van der Waals surface area contributed by atoms with Crippen molar-refractivity contribution in [1.82, 2.24) is 0 Å². The molecule has 0 aliphatic carbocycles. The SMILES string of the molecule is CC(C)(C)c1cccc(N(c2ccc3oc4ccccc4c3c2)c2cc3oc4cc5c(cc4c3c3ccccc23)oc2cc(N(c3cccc(C(C)(C)C)c3)c3ccc4oc6ccccc6c4c3)c3ccccc3c25)c1. The van der Waals surface area contributed by atoms with E-state index in [1.165, 1.54) is 11.1 Å². The number of furan rings is 4. The first-order valence-electron chi connectivity index (χ1n) is 26.2. The molecule has 0 atom stereocenters. The standard InChI is InChI=1S/C70H52N2O4/c1-69(2,3)41-17-15-19-43(33-41)71(45-29-31-61-53(35-45)49-23-11-13-27-59(49)73-61)57-39-65-67(51-25-9-7-21-47(51)57)55-37-64-56(38-63(55)75-65)68-52-26-10-8-22-48(52)58(40-66(68)76-64)72(44-20-16-18-42(34-44)70(4,5)6)46-30-32-62-54(36-46)50-24-12-14-28-60(50)74-62/h7-40H,1-6H3. The third kappa shape index (κ3) is 6.80. The average molecular weight is 985 g/mol. The van der Waals surface area contributed by atoms with Gasteiger partial charge in [-0.2, -0.15) is 0 Å². The van der Waals surface area contributed by atoms with Gasteiger partial charge >= 0.3 is 0 Å². The van der Waals surface area contributed by atoms with Gasteiger partial charge in [0.2, 0.25) is 0 Å². The molecule has 0 spiro atoms. The molecule has 0 unspecified atom stereocenters. The van der Waals surface area contributed by atoms with Crippen LogP contribution in [0.15, 0.2) is 224 Å². The number of hydrogen-bond acceptors (Lipinski definition) is 6. The lowest BCUT2D eigenvalue weighted by molar-refractivity contribution is 0.590. The lowest BCUT2D eigenvalue weighted by Crippen LogP contribution is -2.14. The molecule has 0 aliphatic rings. The molecule has 0 N–H and O–H groups in total. The summed E-state index contributed by atoms with van der Waals surface area (Å²) in [5.41, 5.74) is 15.3. The molecule has 11 aromatic carbocycles. The van der Waals surface area contributed by atoms with E-state index in [0.29, 0.717) is 0 Å². The van der Waals surface area contributed by atoms with E-state index < -0.39 is 0 Å². The van der Waals surface area contributed by atoms with Gasteiger partial charge in [0.25, 0.3) is 0 Å². The van der Waals surface area contributed by atoms with Crippen molar-refractivity contribution in [3.63, 3.8) is 0 Å². The molecule has 0 aliphatic heterocycles. The fraction of sp³-hybridized carbons (Fsp3) is 0.114. The van der Waals surface area contributed by atoms with E-state index in [4.69, 9.17) is 17.7 Å². The Balaban J connectivity index is 0.946. The molecule has 4 heterocycles. The van der Waals surface area contributed by atoms with Gasteiger partial charge in [-0.05, 0) is 118 Å². The molecular weight excluding hydrogens is 933 g/mol. The van der Waals surface area contributed by atoms with Gasteiger partial charge in [-0.25, -0.2) is 0 Å². The van der Waals surface area contributed by atoms with Crippen LogP contribution in [-0.2, 0) is 10.8 Å². The number of rotatable bonds is 6. The summed E-state index contributed by atoms with van der Waals surface area (Å²) < 4.78 is 26.9. The first-order valence-corrected chi connectivity index (χ1v) is 26.2. The third-order valence-corrected chi connectivity index (χ3v) is 15.7. The van der Waals surface area contributed by atoms with E-state index in [0.717, 1.165) is 143 Å². The van der Waals surface area contributed by atoms with Crippen LogP contribution < -0.4 is 9.80 Å². The fourth-order valence-corrected chi connectivity index (χ4v) is 11.9. The number of para-hydroxylation sites is 2. The molecular formula is C70H52N2O4. The Labute approximate surface area is 438 Å². The highest BCUT2D eigenvalue weighted by molar-refractivity contribution is 6.28. The van der Waals surface area contributed by atoms with Crippen molar-refractivity contribution in [2.75, 3.05) is 9.80 Å². The monoisotopic (exact) mass is 984 g/mol. The maximum Gasteiger partial charge on any atom is 0.138 e. The van der Waals surface area contributed by atoms with Gasteiger partial charge in [0.15, 0.2) is 0 Å². The van der Waals surface area contributed by atoms with E-state index in [1.54, 1.807) is 0 Å². The number of fused-ring (bicyclic) bond motifs is 16. The zero-order chi connectivity index (χ0) is 51.2. The molecule has 0 bridgehead atoms. The van der Waals surface area contributed by atoms with E-state index >= 15 is 0 Å². The maximum atomic E-state index is 7.13. The maximum absolute atomic E-state index is 7.13. The second-order valence-corrected chi connectivity index (χ2v) is 22.5. The van der Waals surface area contributed by atoms with Crippen molar-refractivity contribution in [1.29, 1.82) is 0 Å². The number of benzene rings is 11. The van der Waals surface area contributed by atoms with Crippen LogP contribution in [0, 0.1) is 0 Å². The van der Waals surface area contributed by atoms with E-state index in [-0.39, 0.29) is 10.8 Å². The third-order valence-electron chi connectivity index (χ3n) is 15.7. The highest BCUT2D eigenvalue weighted by Crippen LogP contribution is 2.50. The number of nitrogens with zero attached hydrogens (tertiary/aromatic N) is 2. The van der Waals surface area contributed by atoms with Crippen molar-refractivity contribution < 1.29 is 17.7 Å². The molecule has 4 aromatic heterocycles. The molecule has 0 saturated heterocycles. The largest absolute Gasteiger partial charge is 0.456 e. The summed E-state index contributed by atoms with van der Waals surface area (Å²) >= 11 is 0. The number of anilines is 6. The molecule has 0 saturated carbocycles. The second-order valence-electron chi connectivity index (χ2n) is 22.5. The van der Waals surface area contributed by atoms with E-state index in [9.17, 15) is 0 Å². The summed E-state index contributed by atoms with van der Waals surface area (Å²) in [6, 6.07) is 73.8. The van der Waals surface area contributed by atoms with E-state index in [1.807, 2.05) is 24.3 Å². The minimum Gasteiger partial charge on any atom is -0.456 e. The van der Waals surface area contributed by atoms with Gasteiger partial charge in [0, 0.05) is 88.7 Å². The van der Waals surface area contributed by atoms with Gasteiger partial charge in [-0.15, -0.1) is 0 Å². The summed E-state index contributed by atoms with van der Waals surface area (Å²) in [7, 11) is 0. The Hall–Kier alpha value is -9.26. The van der Waals surface area contributed by atoms with Gasteiger partial charge < -0.3 is 27.5 Å². The van der Waals surface area contributed by atoms with Crippen LogP contribution in [0.25, 0.3) is 109 Å². The molecule has 0 fully saturated rings. The summed E-state index contributed by atoms with van der Waals surface area (Å²) in [6.07, 6.45) is 0. The van der Waals surface area contributed by atoms with Crippen molar-refractivity contribution in [3.8, 4) is 0 Å². The molecule has 15 aromatic rings. The minimum atomic E-state index is -0.0617. The van der Waals surface area contributed by atoms with Crippen molar-refractivity contribution in [3.05, 3.63) is 217 Å².